The Balaban J connectivity index is 1.49. The predicted octanol–water partition coefficient (Wildman–Crippen LogP) is 2.00. The molecule has 22 heavy (non-hydrogen) atoms. The zero-order chi connectivity index (χ0) is 15.4. The number of hydrogen-bond acceptors (Lipinski definition) is 4. The largest absolute Gasteiger partial charge is 0.490 e. The van der Waals surface area contributed by atoms with Gasteiger partial charge in [-0.15, -0.1) is 5.10 Å². The minimum atomic E-state index is 0.0618. The number of benzene rings is 1. The summed E-state index contributed by atoms with van der Waals surface area (Å²) in [7, 11) is 0. The average molecular weight is 321 g/mol. The van der Waals surface area contributed by atoms with Crippen LogP contribution in [0.3, 0.4) is 0 Å². The number of piperidine rings is 1. The van der Waals surface area contributed by atoms with Gasteiger partial charge in [0.1, 0.15) is 18.4 Å². The number of rotatable bonds is 4. The molecule has 0 radical (unpaired) electrons. The van der Waals surface area contributed by atoms with E-state index in [1.54, 1.807) is 12.4 Å². The second-order valence-corrected chi connectivity index (χ2v) is 5.69. The zero-order valence-corrected chi connectivity index (χ0v) is 12.8. The number of hydrogen-bond donors (Lipinski definition) is 0. The van der Waals surface area contributed by atoms with Gasteiger partial charge in [0.15, 0.2) is 0 Å². The van der Waals surface area contributed by atoms with Gasteiger partial charge in [0.25, 0.3) is 0 Å². The maximum atomic E-state index is 12.2. The first-order chi connectivity index (χ1) is 10.7. The first-order valence-electron chi connectivity index (χ1n) is 7.25. The molecule has 0 aliphatic carbocycles. The number of carbonyl (C=O) groups excluding carboxylic acids is 1. The van der Waals surface area contributed by atoms with Gasteiger partial charge in [0.05, 0.1) is 6.20 Å². The molecule has 0 spiro atoms. The first-order valence-corrected chi connectivity index (χ1v) is 7.62. The summed E-state index contributed by atoms with van der Waals surface area (Å²) >= 11 is 5.95. The van der Waals surface area contributed by atoms with Crippen molar-refractivity contribution >= 4 is 17.5 Å². The standard InChI is InChI=1S/C15H17ClN4O2/c16-12-2-1-3-14(10-12)22-13-4-7-19(8-5-13)15(21)11-20-9-6-17-18-20/h1-3,6,9-10,13H,4-5,7-8,11H2. The number of carbonyl (C=O) groups is 1. The number of amides is 1. The van der Waals surface area contributed by atoms with E-state index in [1.165, 1.54) is 4.68 Å². The lowest BCUT2D eigenvalue weighted by atomic mass is 10.1. The average Bonchev–Trinajstić information content (AvgIpc) is 3.01. The summed E-state index contributed by atoms with van der Waals surface area (Å²) in [6.45, 7) is 1.62. The molecule has 0 saturated carbocycles. The van der Waals surface area contributed by atoms with Crippen LogP contribution in [-0.4, -0.2) is 45.0 Å². The molecule has 2 heterocycles. The van der Waals surface area contributed by atoms with E-state index < -0.39 is 0 Å². The van der Waals surface area contributed by atoms with E-state index >= 15 is 0 Å². The van der Waals surface area contributed by atoms with Gasteiger partial charge in [0, 0.05) is 37.2 Å². The summed E-state index contributed by atoms with van der Waals surface area (Å²) in [5, 5.41) is 8.17. The van der Waals surface area contributed by atoms with Gasteiger partial charge >= 0.3 is 0 Å². The summed E-state index contributed by atoms with van der Waals surface area (Å²) in [6.07, 6.45) is 5.00. The maximum Gasteiger partial charge on any atom is 0.244 e. The van der Waals surface area contributed by atoms with Gasteiger partial charge in [-0.25, -0.2) is 4.68 Å². The lowest BCUT2D eigenvalue weighted by molar-refractivity contribution is -0.133. The van der Waals surface area contributed by atoms with Crippen molar-refractivity contribution in [1.29, 1.82) is 0 Å². The van der Waals surface area contributed by atoms with Crippen LogP contribution in [0.4, 0.5) is 0 Å². The van der Waals surface area contributed by atoms with Gasteiger partial charge < -0.3 is 9.64 Å². The number of aromatic nitrogens is 3. The fraction of sp³-hybridized carbons (Fsp3) is 0.400. The minimum absolute atomic E-state index is 0.0618. The molecule has 6 nitrogen and oxygen atoms in total. The highest BCUT2D eigenvalue weighted by atomic mass is 35.5. The van der Waals surface area contributed by atoms with Crippen molar-refractivity contribution < 1.29 is 9.53 Å². The number of likely N-dealkylation sites (tertiary alicyclic amines) is 1. The molecule has 0 N–H and O–H groups in total. The van der Waals surface area contributed by atoms with Crippen molar-refractivity contribution in [3.63, 3.8) is 0 Å². The molecule has 1 aliphatic rings. The first kappa shape index (κ1) is 14.8. The fourth-order valence-corrected chi connectivity index (χ4v) is 2.69. The number of halogens is 1. The van der Waals surface area contributed by atoms with Crippen LogP contribution in [0.15, 0.2) is 36.7 Å². The molecule has 116 valence electrons. The van der Waals surface area contributed by atoms with E-state index in [1.807, 2.05) is 29.2 Å². The van der Waals surface area contributed by atoms with Crippen molar-refractivity contribution in [3.8, 4) is 5.75 Å². The molecule has 1 fully saturated rings. The van der Waals surface area contributed by atoms with E-state index in [0.29, 0.717) is 18.1 Å². The Bertz CT molecular complexity index is 624. The van der Waals surface area contributed by atoms with Crippen molar-refractivity contribution in [2.75, 3.05) is 13.1 Å². The molecule has 0 atom stereocenters. The second kappa shape index (κ2) is 6.79. The summed E-state index contributed by atoms with van der Waals surface area (Å²) in [5.74, 6) is 0.839. The zero-order valence-electron chi connectivity index (χ0n) is 12.1. The van der Waals surface area contributed by atoms with Gasteiger partial charge in [-0.1, -0.05) is 22.9 Å². The van der Waals surface area contributed by atoms with Crippen LogP contribution in [0.5, 0.6) is 5.75 Å². The highest BCUT2D eigenvalue weighted by Crippen LogP contribution is 2.22. The van der Waals surface area contributed by atoms with Gasteiger partial charge in [0.2, 0.25) is 5.91 Å². The minimum Gasteiger partial charge on any atom is -0.490 e. The predicted molar refractivity (Wildman–Crippen MR) is 81.7 cm³/mol. The lowest BCUT2D eigenvalue weighted by Gasteiger charge is -2.32. The van der Waals surface area contributed by atoms with Gasteiger partial charge in [-0.05, 0) is 18.2 Å². The van der Waals surface area contributed by atoms with Crippen LogP contribution in [-0.2, 0) is 11.3 Å². The Hall–Kier alpha value is -2.08. The molecule has 7 heteroatoms. The number of nitrogens with zero attached hydrogens (tertiary/aromatic N) is 4. The molecule has 1 aromatic carbocycles. The van der Waals surface area contributed by atoms with Crippen LogP contribution in [0.2, 0.25) is 5.02 Å². The number of ether oxygens (including phenoxy) is 1. The van der Waals surface area contributed by atoms with E-state index in [0.717, 1.165) is 18.6 Å². The van der Waals surface area contributed by atoms with Crippen LogP contribution < -0.4 is 4.74 Å². The third kappa shape index (κ3) is 3.76. The van der Waals surface area contributed by atoms with E-state index in [4.69, 9.17) is 16.3 Å². The van der Waals surface area contributed by atoms with Crippen LogP contribution in [0.1, 0.15) is 12.8 Å². The quantitative estimate of drug-likeness (QED) is 0.864. The topological polar surface area (TPSA) is 60.2 Å². The van der Waals surface area contributed by atoms with Crippen LogP contribution >= 0.6 is 11.6 Å². The van der Waals surface area contributed by atoms with Gasteiger partial charge in [-0.3, -0.25) is 4.79 Å². The maximum absolute atomic E-state index is 12.2. The van der Waals surface area contributed by atoms with Gasteiger partial charge in [-0.2, -0.15) is 0 Å². The van der Waals surface area contributed by atoms with Crippen molar-refractivity contribution in [3.05, 3.63) is 41.7 Å². The Labute approximate surface area is 133 Å². The van der Waals surface area contributed by atoms with E-state index in [-0.39, 0.29) is 18.6 Å². The smallest absolute Gasteiger partial charge is 0.244 e. The Kier molecular flexibility index (Phi) is 4.58. The molecule has 0 bridgehead atoms. The molecule has 2 aromatic rings. The van der Waals surface area contributed by atoms with Crippen LogP contribution in [0, 0.1) is 0 Å². The third-order valence-electron chi connectivity index (χ3n) is 3.66. The van der Waals surface area contributed by atoms with E-state index in [2.05, 4.69) is 10.3 Å². The Morgan fingerprint density at radius 1 is 1.36 bits per heavy atom. The molecule has 1 amide bonds. The molecule has 0 unspecified atom stereocenters. The molecular weight excluding hydrogens is 304 g/mol. The summed E-state index contributed by atoms with van der Waals surface area (Å²) in [4.78, 5) is 14.0. The lowest BCUT2D eigenvalue weighted by Crippen LogP contribution is -2.43. The normalized spacial score (nSPS) is 15.8. The molecule has 1 saturated heterocycles. The summed E-state index contributed by atoms with van der Waals surface area (Å²) in [5.41, 5.74) is 0. The SMILES string of the molecule is O=C(Cn1ccnn1)N1CCC(Oc2cccc(Cl)c2)CC1. The third-order valence-corrected chi connectivity index (χ3v) is 3.90. The van der Waals surface area contributed by atoms with Crippen molar-refractivity contribution in [1.82, 2.24) is 19.9 Å². The molecular formula is C15H17ClN4O2. The monoisotopic (exact) mass is 320 g/mol. The molecule has 3 rings (SSSR count). The van der Waals surface area contributed by atoms with E-state index in [9.17, 15) is 4.79 Å². The Morgan fingerprint density at radius 2 is 2.18 bits per heavy atom. The highest BCUT2D eigenvalue weighted by Gasteiger charge is 2.24. The van der Waals surface area contributed by atoms with Crippen molar-refractivity contribution in [2.45, 2.75) is 25.5 Å². The summed E-state index contributed by atoms with van der Waals surface area (Å²) < 4.78 is 7.46. The fourth-order valence-electron chi connectivity index (χ4n) is 2.51. The van der Waals surface area contributed by atoms with Crippen LogP contribution in [0.25, 0.3) is 0 Å². The Morgan fingerprint density at radius 3 is 2.86 bits per heavy atom. The molecule has 1 aliphatic heterocycles. The second-order valence-electron chi connectivity index (χ2n) is 5.26. The molecule has 1 aromatic heterocycles. The van der Waals surface area contributed by atoms with Crippen molar-refractivity contribution in [2.24, 2.45) is 0 Å². The summed E-state index contributed by atoms with van der Waals surface area (Å²) in [6, 6.07) is 7.40. The highest BCUT2D eigenvalue weighted by molar-refractivity contribution is 6.30.